The number of nitrogen functional groups attached to an aromatic ring is 1. The third-order valence-corrected chi connectivity index (χ3v) is 7.09. The van der Waals surface area contributed by atoms with Crippen LogP contribution in [0.3, 0.4) is 0 Å². The molecule has 0 saturated heterocycles. The van der Waals surface area contributed by atoms with Gasteiger partial charge in [0.05, 0.1) is 9.79 Å². The molecule has 220 valence electrons. The van der Waals surface area contributed by atoms with Crippen molar-refractivity contribution in [1.82, 2.24) is 0 Å². The monoisotopic (exact) mass is 623 g/mol. The van der Waals surface area contributed by atoms with E-state index in [0.717, 1.165) is 18.4 Å². The van der Waals surface area contributed by atoms with E-state index in [-0.39, 0.29) is 31.5 Å². The average Bonchev–Trinajstić information content (AvgIpc) is 2.85. The number of aliphatic hydroxyl groups is 1. The minimum absolute atomic E-state index is 0. The molecule has 0 fully saturated rings. The summed E-state index contributed by atoms with van der Waals surface area (Å²) < 4.78 is 60.2. The Labute approximate surface area is 247 Å². The van der Waals surface area contributed by atoms with E-state index in [0.29, 0.717) is 5.69 Å². The number of nitrogens with two attached hydrogens (primary N) is 1. The number of carboxylic acid groups (broad SMARTS) is 1. The predicted octanol–water partition coefficient (Wildman–Crippen LogP) is 4.97. The van der Waals surface area contributed by atoms with Crippen LogP contribution in [0.4, 0.5) is 5.69 Å². The van der Waals surface area contributed by atoms with E-state index in [2.05, 4.69) is 6.92 Å². The van der Waals surface area contributed by atoms with Crippen molar-refractivity contribution in [3.8, 4) is 0 Å². The Balaban J connectivity index is 0. The minimum Gasteiger partial charge on any atom is -0.480 e. The summed E-state index contributed by atoms with van der Waals surface area (Å²) in [5.41, 5.74) is 6.88. The predicted molar refractivity (Wildman–Crippen MR) is 147 cm³/mol. The summed E-state index contributed by atoms with van der Waals surface area (Å²) in [6.45, 7) is 1.47. The summed E-state index contributed by atoms with van der Waals surface area (Å²) >= 11 is 0. The Morgan fingerprint density at radius 2 is 1.03 bits per heavy atom. The molecule has 0 saturated carbocycles. The van der Waals surface area contributed by atoms with Gasteiger partial charge in [0.2, 0.25) is 0 Å². The van der Waals surface area contributed by atoms with Crippen molar-refractivity contribution >= 4 is 31.9 Å². The van der Waals surface area contributed by atoms with Crippen molar-refractivity contribution in [3.63, 3.8) is 0 Å². The van der Waals surface area contributed by atoms with Gasteiger partial charge in [0, 0.05) is 27.4 Å². The van der Waals surface area contributed by atoms with Crippen LogP contribution in [0.1, 0.15) is 76.7 Å². The van der Waals surface area contributed by atoms with E-state index in [9.17, 15) is 16.8 Å². The summed E-state index contributed by atoms with van der Waals surface area (Å²) in [7, 11) is -8.14. The first-order valence-electron chi connectivity index (χ1n) is 12.5. The van der Waals surface area contributed by atoms with Crippen molar-refractivity contribution in [2.24, 2.45) is 0 Å². The second kappa shape index (κ2) is 22.0. The third-order valence-electron chi connectivity index (χ3n) is 5.35. The quantitative estimate of drug-likeness (QED) is 0.0830. The van der Waals surface area contributed by atoms with Crippen molar-refractivity contribution < 1.29 is 62.7 Å². The van der Waals surface area contributed by atoms with Crippen LogP contribution < -0.4 is 5.73 Å². The first-order chi connectivity index (χ1) is 17.8. The molecule has 10 nitrogen and oxygen atoms in total. The normalized spacial score (nSPS) is 10.8. The second-order valence-electron chi connectivity index (χ2n) is 8.65. The van der Waals surface area contributed by atoms with Crippen LogP contribution in [0.2, 0.25) is 0 Å². The van der Waals surface area contributed by atoms with E-state index in [1.165, 1.54) is 94.2 Å². The molecule has 0 aliphatic rings. The Bertz CT molecular complexity index is 1120. The van der Waals surface area contributed by atoms with Crippen LogP contribution in [-0.2, 0) is 53.2 Å². The first kappa shape index (κ1) is 39.3. The van der Waals surface area contributed by atoms with Gasteiger partial charge in [0.25, 0.3) is 20.2 Å². The summed E-state index contributed by atoms with van der Waals surface area (Å²) in [6.07, 6.45) is 14.1. The van der Waals surface area contributed by atoms with Crippen LogP contribution >= 0.6 is 0 Å². The van der Waals surface area contributed by atoms with E-state index in [1.54, 1.807) is 12.1 Å². The molecule has 0 atom stereocenters. The number of aliphatic carboxylic acids is 1. The molecule has 2 rings (SSSR count). The molecule has 2 aromatic rings. The van der Waals surface area contributed by atoms with E-state index < -0.39 is 32.8 Å². The zero-order valence-electron chi connectivity index (χ0n) is 22.3. The van der Waals surface area contributed by atoms with Gasteiger partial charge in [-0.25, -0.2) is 4.79 Å². The van der Waals surface area contributed by atoms with Crippen LogP contribution in [0.5, 0.6) is 0 Å². The maximum absolute atomic E-state index is 10.9. The number of hydrogen-bond acceptors (Lipinski definition) is 7. The Kier molecular flexibility index (Phi) is 22.2. The number of rotatable bonds is 14. The van der Waals surface area contributed by atoms with E-state index in [1.807, 2.05) is 0 Å². The number of benzene rings is 2. The second-order valence-corrected chi connectivity index (χ2v) is 11.5. The molecule has 6 N–H and O–H groups in total. The molecule has 0 aromatic heterocycles. The standard InChI is InChI=1S/C18H30O3S.C6H7NO3S.C2H4O3.Ti/c1-2-3-4-5-6-7-8-9-10-11-12-17-13-15-18(16-14-17)22(19,20)21;7-5-1-3-6(4-2-5)11(8,9)10;3-1-2(4)5;/h13-16H,2-12H2,1H3,(H,19,20,21);1-4H,7H2,(H,8,9,10);3H,1H2,(H,4,5);. The Morgan fingerprint density at radius 1 is 0.692 bits per heavy atom. The maximum atomic E-state index is 10.9. The van der Waals surface area contributed by atoms with Crippen molar-refractivity contribution in [2.75, 3.05) is 12.3 Å². The van der Waals surface area contributed by atoms with Gasteiger partial charge in [-0.3, -0.25) is 9.11 Å². The first-order valence-corrected chi connectivity index (χ1v) is 15.4. The molecule has 0 amide bonds. The molecule has 2 aromatic carbocycles. The zero-order valence-corrected chi connectivity index (χ0v) is 25.5. The fourth-order valence-corrected chi connectivity index (χ4v) is 4.24. The van der Waals surface area contributed by atoms with Crippen LogP contribution in [0, 0.1) is 0 Å². The smallest absolute Gasteiger partial charge is 0.329 e. The molecule has 13 heteroatoms. The number of aliphatic hydroxyl groups excluding tert-OH is 1. The van der Waals surface area contributed by atoms with Crippen molar-refractivity contribution in [1.29, 1.82) is 0 Å². The average molecular weight is 624 g/mol. The number of anilines is 1. The molecular weight excluding hydrogens is 582 g/mol. The molecule has 0 heterocycles. The Morgan fingerprint density at radius 3 is 1.36 bits per heavy atom. The van der Waals surface area contributed by atoms with Gasteiger partial charge in [-0.15, -0.1) is 0 Å². The van der Waals surface area contributed by atoms with Gasteiger partial charge in [-0.2, -0.15) is 16.8 Å². The summed E-state index contributed by atoms with van der Waals surface area (Å²) in [6, 6.07) is 11.8. The molecule has 0 unspecified atom stereocenters. The maximum Gasteiger partial charge on any atom is 0.329 e. The largest absolute Gasteiger partial charge is 0.480 e. The van der Waals surface area contributed by atoms with Crippen LogP contribution in [0.15, 0.2) is 58.3 Å². The number of unbranched alkanes of at least 4 members (excludes halogenated alkanes) is 9. The third kappa shape index (κ3) is 21.7. The summed E-state index contributed by atoms with van der Waals surface area (Å²) in [4.78, 5) is 8.94. The molecule has 0 spiro atoms. The van der Waals surface area contributed by atoms with Crippen molar-refractivity contribution in [2.45, 2.75) is 87.3 Å². The van der Waals surface area contributed by atoms with Gasteiger partial charge in [0.1, 0.15) is 6.61 Å². The fourth-order valence-electron chi connectivity index (χ4n) is 3.28. The topological polar surface area (TPSA) is 192 Å². The van der Waals surface area contributed by atoms with Gasteiger partial charge in [-0.05, 0) is 54.8 Å². The van der Waals surface area contributed by atoms with Crippen LogP contribution in [-0.4, -0.2) is 48.7 Å². The molecule has 0 bridgehead atoms. The molecule has 0 aliphatic heterocycles. The fraction of sp³-hybridized carbons (Fsp3) is 0.500. The number of aryl methyl sites for hydroxylation is 1. The van der Waals surface area contributed by atoms with Crippen molar-refractivity contribution in [3.05, 3.63) is 54.1 Å². The van der Waals surface area contributed by atoms with Crippen LogP contribution in [0.25, 0.3) is 0 Å². The van der Waals surface area contributed by atoms with E-state index >= 15 is 0 Å². The molecule has 39 heavy (non-hydrogen) atoms. The Hall–Kier alpha value is -1.80. The molecular formula is C26H41NO9S2Ti. The van der Waals surface area contributed by atoms with Gasteiger partial charge >= 0.3 is 5.97 Å². The van der Waals surface area contributed by atoms with Gasteiger partial charge in [-0.1, -0.05) is 76.8 Å². The number of carboxylic acids is 1. The SMILES string of the molecule is CCCCCCCCCCCCc1ccc(S(=O)(=O)O)cc1.Nc1ccc(S(=O)(=O)O)cc1.O=C(O)CO.[Ti]. The van der Waals surface area contributed by atoms with Gasteiger partial charge < -0.3 is 15.9 Å². The van der Waals surface area contributed by atoms with E-state index in [4.69, 9.17) is 29.8 Å². The minimum atomic E-state index is -4.08. The number of carbonyl (C=O) groups is 1. The van der Waals surface area contributed by atoms with Gasteiger partial charge in [0.15, 0.2) is 0 Å². The molecule has 0 aliphatic carbocycles. The number of hydrogen-bond donors (Lipinski definition) is 5. The molecule has 0 radical (unpaired) electrons. The summed E-state index contributed by atoms with van der Waals surface area (Å²) in [5.74, 6) is -1.19. The summed E-state index contributed by atoms with van der Waals surface area (Å²) in [5, 5.41) is 15.0. The zero-order chi connectivity index (χ0) is 29.0.